The van der Waals surface area contributed by atoms with Crippen LogP contribution in [0.4, 0.5) is 0 Å². The first kappa shape index (κ1) is 13.9. The molecule has 0 radical (unpaired) electrons. The first-order valence-corrected chi connectivity index (χ1v) is 5.97. The SMILES string of the molecule is COC(=O)C(CNN1CCCCC1)NC(C)=O. The standard InChI is InChI=1S/C11H21N3O3/c1-9(15)13-10(11(16)17-2)8-12-14-6-4-3-5-7-14/h10,12H,3-8H2,1-2H3,(H,13,15). The Labute approximate surface area is 102 Å². The summed E-state index contributed by atoms with van der Waals surface area (Å²) in [6, 6.07) is -0.626. The van der Waals surface area contributed by atoms with E-state index < -0.39 is 12.0 Å². The third-order valence-corrected chi connectivity index (χ3v) is 2.74. The minimum atomic E-state index is -0.626. The van der Waals surface area contributed by atoms with Gasteiger partial charge in [0.25, 0.3) is 0 Å². The van der Waals surface area contributed by atoms with Crippen LogP contribution in [0.15, 0.2) is 0 Å². The fraction of sp³-hybridized carbons (Fsp3) is 0.818. The Morgan fingerprint density at radius 2 is 1.94 bits per heavy atom. The molecule has 0 spiro atoms. The summed E-state index contributed by atoms with van der Waals surface area (Å²) in [6.45, 7) is 3.71. The lowest BCUT2D eigenvalue weighted by Gasteiger charge is -2.28. The molecule has 1 saturated heterocycles. The van der Waals surface area contributed by atoms with Crippen molar-refractivity contribution in [3.05, 3.63) is 0 Å². The highest BCUT2D eigenvalue weighted by atomic mass is 16.5. The van der Waals surface area contributed by atoms with Gasteiger partial charge in [-0.3, -0.25) is 10.2 Å². The average molecular weight is 243 g/mol. The number of hydrazine groups is 1. The third-order valence-electron chi connectivity index (χ3n) is 2.74. The molecule has 0 saturated carbocycles. The minimum Gasteiger partial charge on any atom is -0.467 e. The van der Waals surface area contributed by atoms with E-state index in [0.717, 1.165) is 25.9 Å². The van der Waals surface area contributed by atoms with Crippen LogP contribution in [-0.2, 0) is 14.3 Å². The van der Waals surface area contributed by atoms with Crippen LogP contribution in [0.1, 0.15) is 26.2 Å². The molecule has 6 nitrogen and oxygen atoms in total. The van der Waals surface area contributed by atoms with Crippen molar-refractivity contribution in [3.63, 3.8) is 0 Å². The zero-order valence-corrected chi connectivity index (χ0v) is 10.5. The predicted octanol–water partition coefficient (Wildman–Crippen LogP) is -0.345. The number of methoxy groups -OCH3 is 1. The van der Waals surface area contributed by atoms with Gasteiger partial charge >= 0.3 is 5.97 Å². The zero-order chi connectivity index (χ0) is 12.7. The fourth-order valence-electron chi connectivity index (χ4n) is 1.85. The monoisotopic (exact) mass is 243 g/mol. The van der Waals surface area contributed by atoms with Gasteiger partial charge in [-0.25, -0.2) is 9.80 Å². The van der Waals surface area contributed by atoms with E-state index in [1.807, 2.05) is 0 Å². The lowest BCUT2D eigenvalue weighted by Crippen LogP contribution is -2.52. The van der Waals surface area contributed by atoms with E-state index >= 15 is 0 Å². The molecule has 0 aromatic carbocycles. The summed E-state index contributed by atoms with van der Waals surface area (Å²) >= 11 is 0. The summed E-state index contributed by atoms with van der Waals surface area (Å²) in [4.78, 5) is 22.4. The normalized spacial score (nSPS) is 18.5. The quantitative estimate of drug-likeness (QED) is 0.646. The number of nitrogens with one attached hydrogen (secondary N) is 2. The van der Waals surface area contributed by atoms with Gasteiger partial charge in [0.05, 0.1) is 7.11 Å². The van der Waals surface area contributed by atoms with Crippen LogP contribution in [0.2, 0.25) is 0 Å². The highest BCUT2D eigenvalue weighted by molar-refractivity contribution is 5.83. The molecule has 0 aromatic heterocycles. The van der Waals surface area contributed by atoms with Crippen molar-refractivity contribution in [2.75, 3.05) is 26.7 Å². The van der Waals surface area contributed by atoms with Crippen molar-refractivity contribution in [1.82, 2.24) is 15.8 Å². The number of carbonyl (C=O) groups excluding carboxylic acids is 2. The number of nitrogens with zero attached hydrogens (tertiary/aromatic N) is 1. The molecule has 98 valence electrons. The number of rotatable bonds is 5. The lowest BCUT2D eigenvalue weighted by atomic mass is 10.2. The molecule has 1 fully saturated rings. The second kappa shape index (κ2) is 7.24. The molecule has 6 heteroatoms. The van der Waals surface area contributed by atoms with Gasteiger partial charge in [-0.05, 0) is 12.8 Å². The Morgan fingerprint density at radius 3 is 2.47 bits per heavy atom. The van der Waals surface area contributed by atoms with Crippen LogP contribution in [0.25, 0.3) is 0 Å². The molecule has 1 aliphatic rings. The number of esters is 1. The van der Waals surface area contributed by atoms with E-state index in [-0.39, 0.29) is 5.91 Å². The number of hydrogen-bond donors (Lipinski definition) is 2. The highest BCUT2D eigenvalue weighted by Gasteiger charge is 2.21. The van der Waals surface area contributed by atoms with Crippen LogP contribution in [0.5, 0.6) is 0 Å². The molecule has 0 aliphatic carbocycles. The summed E-state index contributed by atoms with van der Waals surface area (Å²) in [5, 5.41) is 4.65. The molecule has 0 bridgehead atoms. The summed E-state index contributed by atoms with van der Waals surface area (Å²) in [5.74, 6) is -0.662. The highest BCUT2D eigenvalue weighted by Crippen LogP contribution is 2.05. The largest absolute Gasteiger partial charge is 0.467 e. The molecule has 1 aliphatic heterocycles. The predicted molar refractivity (Wildman–Crippen MR) is 63.0 cm³/mol. The van der Waals surface area contributed by atoms with E-state index in [2.05, 4.69) is 20.5 Å². The summed E-state index contributed by atoms with van der Waals surface area (Å²) in [7, 11) is 1.32. The maximum absolute atomic E-state index is 11.4. The van der Waals surface area contributed by atoms with E-state index in [1.54, 1.807) is 0 Å². The van der Waals surface area contributed by atoms with Crippen molar-refractivity contribution in [2.24, 2.45) is 0 Å². The Bertz CT molecular complexity index is 265. The number of hydrogen-bond acceptors (Lipinski definition) is 5. The zero-order valence-electron chi connectivity index (χ0n) is 10.5. The molecule has 2 N–H and O–H groups in total. The van der Waals surface area contributed by atoms with Gasteiger partial charge in [-0.2, -0.15) is 0 Å². The molecular weight excluding hydrogens is 222 g/mol. The number of amides is 1. The molecular formula is C11H21N3O3. The second-order valence-corrected chi connectivity index (χ2v) is 4.19. The Hall–Kier alpha value is -1.14. The summed E-state index contributed by atoms with van der Waals surface area (Å²) < 4.78 is 4.64. The molecule has 0 aromatic rings. The maximum Gasteiger partial charge on any atom is 0.329 e. The van der Waals surface area contributed by atoms with Crippen LogP contribution >= 0.6 is 0 Å². The van der Waals surface area contributed by atoms with E-state index in [0.29, 0.717) is 6.54 Å². The van der Waals surface area contributed by atoms with Gasteiger partial charge in [-0.15, -0.1) is 0 Å². The molecule has 17 heavy (non-hydrogen) atoms. The molecule has 1 heterocycles. The van der Waals surface area contributed by atoms with Crippen molar-refractivity contribution in [3.8, 4) is 0 Å². The summed E-state index contributed by atoms with van der Waals surface area (Å²) in [6.07, 6.45) is 3.58. The first-order valence-electron chi connectivity index (χ1n) is 5.97. The van der Waals surface area contributed by atoms with Crippen molar-refractivity contribution < 1.29 is 14.3 Å². The minimum absolute atomic E-state index is 0.235. The molecule has 1 atom stereocenters. The van der Waals surface area contributed by atoms with Gasteiger partial charge in [0.15, 0.2) is 0 Å². The van der Waals surface area contributed by atoms with Crippen molar-refractivity contribution in [1.29, 1.82) is 0 Å². The first-order chi connectivity index (χ1) is 8.13. The van der Waals surface area contributed by atoms with Crippen LogP contribution in [0.3, 0.4) is 0 Å². The Kier molecular flexibility index (Phi) is 5.93. The van der Waals surface area contributed by atoms with E-state index in [4.69, 9.17) is 0 Å². The maximum atomic E-state index is 11.4. The molecule has 1 rings (SSSR count). The molecule has 1 amide bonds. The number of carbonyl (C=O) groups is 2. The number of piperidine rings is 1. The Morgan fingerprint density at radius 1 is 1.29 bits per heavy atom. The second-order valence-electron chi connectivity index (χ2n) is 4.19. The van der Waals surface area contributed by atoms with Crippen molar-refractivity contribution in [2.45, 2.75) is 32.2 Å². The topological polar surface area (TPSA) is 70.7 Å². The van der Waals surface area contributed by atoms with E-state index in [1.165, 1.54) is 20.5 Å². The lowest BCUT2D eigenvalue weighted by molar-refractivity contribution is -0.145. The molecule has 1 unspecified atom stereocenters. The fourth-order valence-corrected chi connectivity index (χ4v) is 1.85. The smallest absolute Gasteiger partial charge is 0.329 e. The third kappa shape index (κ3) is 5.14. The van der Waals surface area contributed by atoms with Crippen LogP contribution in [0, 0.1) is 0 Å². The van der Waals surface area contributed by atoms with Crippen LogP contribution in [-0.4, -0.2) is 49.7 Å². The summed E-state index contributed by atoms with van der Waals surface area (Å²) in [5.41, 5.74) is 3.16. The van der Waals surface area contributed by atoms with Gasteiger partial charge in [0.1, 0.15) is 6.04 Å². The Balaban J connectivity index is 2.36. The average Bonchev–Trinajstić information content (AvgIpc) is 2.34. The van der Waals surface area contributed by atoms with Crippen LogP contribution < -0.4 is 10.7 Å². The van der Waals surface area contributed by atoms with Gasteiger partial charge in [0.2, 0.25) is 5.91 Å². The van der Waals surface area contributed by atoms with E-state index in [9.17, 15) is 9.59 Å². The van der Waals surface area contributed by atoms with Crippen molar-refractivity contribution >= 4 is 11.9 Å². The van der Waals surface area contributed by atoms with Gasteiger partial charge in [0, 0.05) is 26.6 Å². The van der Waals surface area contributed by atoms with Gasteiger partial charge in [-0.1, -0.05) is 6.42 Å². The van der Waals surface area contributed by atoms with Gasteiger partial charge < -0.3 is 10.1 Å². The number of ether oxygens (including phenoxy) is 1.